The van der Waals surface area contributed by atoms with Crippen LogP contribution in [0.1, 0.15) is 40.4 Å². The number of anilines is 4. The number of hydrogen-bond acceptors (Lipinski definition) is 7. The van der Waals surface area contributed by atoms with E-state index in [2.05, 4.69) is 32.3 Å². The maximum atomic E-state index is 12.0. The highest BCUT2D eigenvalue weighted by molar-refractivity contribution is 5.98. The standard InChI is InChI=1S/C24H28N8O2/c1-4-20(33)31-10-6-9-18(14-31)32-13-17(11-27-32)28-24-26-12-19(22(25)34)23(30-24)29-21-15(2)7-5-8-16(21)3/h4-5,7-8,11-13,18H,1,6,9-10,14H2,2-3H3,(H2,25,34)(H2,26,28,29,30). The molecule has 1 fully saturated rings. The van der Waals surface area contributed by atoms with Gasteiger partial charge in [0.1, 0.15) is 11.4 Å². The first-order valence-electron chi connectivity index (χ1n) is 11.1. The average molecular weight is 461 g/mol. The number of nitrogens with zero attached hydrogens (tertiary/aromatic N) is 5. The molecule has 176 valence electrons. The fourth-order valence-corrected chi connectivity index (χ4v) is 4.08. The maximum Gasteiger partial charge on any atom is 0.254 e. The molecule has 3 heterocycles. The van der Waals surface area contributed by atoms with Crippen molar-refractivity contribution < 1.29 is 9.59 Å². The summed E-state index contributed by atoms with van der Waals surface area (Å²) < 4.78 is 1.85. The van der Waals surface area contributed by atoms with Crippen LogP contribution < -0.4 is 16.4 Å². The van der Waals surface area contributed by atoms with Gasteiger partial charge >= 0.3 is 0 Å². The Labute approximate surface area is 197 Å². The number of piperidine rings is 1. The maximum absolute atomic E-state index is 12.0. The van der Waals surface area contributed by atoms with Crippen LogP contribution in [-0.4, -0.2) is 49.6 Å². The second-order valence-corrected chi connectivity index (χ2v) is 8.33. The molecule has 1 atom stereocenters. The monoisotopic (exact) mass is 460 g/mol. The van der Waals surface area contributed by atoms with Crippen molar-refractivity contribution in [2.45, 2.75) is 32.7 Å². The first-order valence-corrected chi connectivity index (χ1v) is 11.1. The van der Waals surface area contributed by atoms with Gasteiger partial charge in [0.05, 0.1) is 17.9 Å². The lowest BCUT2D eigenvalue weighted by molar-refractivity contribution is -0.127. The first kappa shape index (κ1) is 23.0. The summed E-state index contributed by atoms with van der Waals surface area (Å²) in [4.78, 5) is 34.5. The minimum Gasteiger partial charge on any atom is -0.365 e. The summed E-state index contributed by atoms with van der Waals surface area (Å²) in [5, 5.41) is 10.8. The molecular weight excluding hydrogens is 432 g/mol. The summed E-state index contributed by atoms with van der Waals surface area (Å²) >= 11 is 0. The number of benzene rings is 1. The Bertz CT molecular complexity index is 1220. The van der Waals surface area contributed by atoms with Crippen molar-refractivity contribution in [2.24, 2.45) is 5.73 Å². The molecule has 4 N–H and O–H groups in total. The third-order valence-electron chi connectivity index (χ3n) is 5.89. The molecule has 0 radical (unpaired) electrons. The minimum absolute atomic E-state index is 0.0675. The second-order valence-electron chi connectivity index (χ2n) is 8.33. The van der Waals surface area contributed by atoms with Crippen LogP contribution in [0.4, 0.5) is 23.1 Å². The molecular formula is C24H28N8O2. The minimum atomic E-state index is -0.621. The van der Waals surface area contributed by atoms with E-state index >= 15 is 0 Å². The molecule has 4 rings (SSSR count). The molecule has 34 heavy (non-hydrogen) atoms. The predicted molar refractivity (Wildman–Crippen MR) is 130 cm³/mol. The molecule has 1 aliphatic heterocycles. The molecule has 0 saturated carbocycles. The summed E-state index contributed by atoms with van der Waals surface area (Å²) in [6.45, 7) is 8.83. The smallest absolute Gasteiger partial charge is 0.254 e. The lowest BCUT2D eigenvalue weighted by Crippen LogP contribution is -2.39. The molecule has 1 aromatic carbocycles. The summed E-state index contributed by atoms with van der Waals surface area (Å²) in [6.07, 6.45) is 8.11. The number of primary amides is 1. The normalized spacial score (nSPS) is 15.6. The molecule has 10 heteroatoms. The zero-order valence-corrected chi connectivity index (χ0v) is 19.3. The van der Waals surface area contributed by atoms with Crippen molar-refractivity contribution in [1.29, 1.82) is 0 Å². The molecule has 0 spiro atoms. The Morgan fingerprint density at radius 2 is 1.97 bits per heavy atom. The summed E-state index contributed by atoms with van der Waals surface area (Å²) in [7, 11) is 0. The summed E-state index contributed by atoms with van der Waals surface area (Å²) in [6, 6.07) is 5.99. The number of aromatic nitrogens is 4. The zero-order chi connectivity index (χ0) is 24.2. The average Bonchev–Trinajstić information content (AvgIpc) is 3.29. The zero-order valence-electron chi connectivity index (χ0n) is 19.3. The van der Waals surface area contributed by atoms with Crippen LogP contribution in [0, 0.1) is 13.8 Å². The number of likely N-dealkylation sites (tertiary alicyclic amines) is 1. The van der Waals surface area contributed by atoms with E-state index in [9.17, 15) is 9.59 Å². The molecule has 0 bridgehead atoms. The van der Waals surface area contributed by atoms with E-state index in [-0.39, 0.29) is 17.5 Å². The van der Waals surface area contributed by atoms with Crippen molar-refractivity contribution in [3.63, 3.8) is 0 Å². The number of rotatable bonds is 7. The Morgan fingerprint density at radius 1 is 1.21 bits per heavy atom. The number of para-hydroxylation sites is 1. The third-order valence-corrected chi connectivity index (χ3v) is 5.89. The van der Waals surface area contributed by atoms with E-state index < -0.39 is 5.91 Å². The lowest BCUT2D eigenvalue weighted by Gasteiger charge is -2.32. The largest absolute Gasteiger partial charge is 0.365 e. The van der Waals surface area contributed by atoms with Crippen molar-refractivity contribution in [3.8, 4) is 0 Å². The van der Waals surface area contributed by atoms with Crippen LogP contribution in [0.25, 0.3) is 0 Å². The number of aryl methyl sites for hydroxylation is 2. The highest BCUT2D eigenvalue weighted by Crippen LogP contribution is 2.27. The van der Waals surface area contributed by atoms with Crippen LogP contribution in [0.3, 0.4) is 0 Å². The molecule has 1 saturated heterocycles. The number of carbonyl (C=O) groups is 2. The van der Waals surface area contributed by atoms with Crippen LogP contribution >= 0.6 is 0 Å². The molecule has 2 aromatic heterocycles. The van der Waals surface area contributed by atoms with E-state index in [1.165, 1.54) is 12.3 Å². The molecule has 2 amide bonds. The fraction of sp³-hybridized carbons (Fsp3) is 0.292. The number of carbonyl (C=O) groups excluding carboxylic acids is 2. The Morgan fingerprint density at radius 3 is 2.68 bits per heavy atom. The topological polar surface area (TPSA) is 131 Å². The van der Waals surface area contributed by atoms with E-state index in [1.54, 1.807) is 11.1 Å². The molecule has 1 unspecified atom stereocenters. The highest BCUT2D eigenvalue weighted by Gasteiger charge is 2.24. The Balaban J connectivity index is 1.54. The van der Waals surface area contributed by atoms with Gasteiger partial charge in [-0.15, -0.1) is 0 Å². The first-order chi connectivity index (χ1) is 16.4. The SMILES string of the molecule is C=CC(=O)N1CCCC(n2cc(Nc3ncc(C(N)=O)c(Nc4c(C)cccc4C)n3)cn2)C1. The van der Waals surface area contributed by atoms with Gasteiger partial charge < -0.3 is 21.3 Å². The van der Waals surface area contributed by atoms with Crippen molar-refractivity contribution in [3.05, 3.63) is 66.1 Å². The number of amides is 2. The molecule has 0 aliphatic carbocycles. The Hall–Kier alpha value is -4.21. The predicted octanol–water partition coefficient (Wildman–Crippen LogP) is 3.23. The van der Waals surface area contributed by atoms with Crippen molar-refractivity contribution >= 4 is 35.0 Å². The fourth-order valence-electron chi connectivity index (χ4n) is 4.08. The van der Waals surface area contributed by atoms with Gasteiger partial charge in [-0.05, 0) is 43.9 Å². The van der Waals surface area contributed by atoms with Gasteiger partial charge in [-0.2, -0.15) is 10.1 Å². The van der Waals surface area contributed by atoms with E-state index in [0.29, 0.717) is 24.0 Å². The second kappa shape index (κ2) is 9.74. The van der Waals surface area contributed by atoms with Gasteiger partial charge in [-0.25, -0.2) is 4.98 Å². The van der Waals surface area contributed by atoms with E-state index in [1.807, 2.05) is 42.9 Å². The number of nitrogens with one attached hydrogen (secondary N) is 2. The van der Waals surface area contributed by atoms with Crippen LogP contribution in [0.5, 0.6) is 0 Å². The van der Waals surface area contributed by atoms with Gasteiger partial charge in [-0.3, -0.25) is 14.3 Å². The van der Waals surface area contributed by atoms with Gasteiger partial charge in [0, 0.05) is 31.2 Å². The molecule has 1 aliphatic rings. The lowest BCUT2D eigenvalue weighted by atomic mass is 10.1. The van der Waals surface area contributed by atoms with Crippen LogP contribution in [-0.2, 0) is 4.79 Å². The van der Waals surface area contributed by atoms with Gasteiger partial charge in [-0.1, -0.05) is 24.8 Å². The highest BCUT2D eigenvalue weighted by atomic mass is 16.2. The van der Waals surface area contributed by atoms with Crippen LogP contribution in [0.15, 0.2) is 49.4 Å². The van der Waals surface area contributed by atoms with Gasteiger partial charge in [0.15, 0.2) is 0 Å². The van der Waals surface area contributed by atoms with E-state index in [0.717, 1.165) is 36.2 Å². The number of hydrogen-bond donors (Lipinski definition) is 3. The quantitative estimate of drug-likeness (QED) is 0.461. The van der Waals surface area contributed by atoms with Crippen molar-refractivity contribution in [2.75, 3.05) is 23.7 Å². The number of nitrogens with two attached hydrogens (primary N) is 1. The summed E-state index contributed by atoms with van der Waals surface area (Å²) in [5.74, 6) is -0.0721. The third kappa shape index (κ3) is 4.90. The Kier molecular flexibility index (Phi) is 6.58. The van der Waals surface area contributed by atoms with Gasteiger partial charge in [0.2, 0.25) is 11.9 Å². The van der Waals surface area contributed by atoms with Crippen LogP contribution in [0.2, 0.25) is 0 Å². The summed E-state index contributed by atoms with van der Waals surface area (Å²) in [5.41, 5.74) is 9.32. The van der Waals surface area contributed by atoms with E-state index in [4.69, 9.17) is 5.73 Å². The molecule has 3 aromatic rings. The molecule has 10 nitrogen and oxygen atoms in total. The van der Waals surface area contributed by atoms with Gasteiger partial charge in [0.25, 0.3) is 5.91 Å². The van der Waals surface area contributed by atoms with Crippen molar-refractivity contribution in [1.82, 2.24) is 24.6 Å².